The third-order valence-corrected chi connectivity index (χ3v) is 0.605. The molecular weight excluding hydrogens is 134 g/mol. The largest absolute Gasteiger partial charge is 0.483 e. The van der Waals surface area contributed by atoms with Gasteiger partial charge in [0.15, 0.2) is 0 Å². The summed E-state index contributed by atoms with van der Waals surface area (Å²) < 4.78 is 0. The average Bonchev–Trinajstić information content (AvgIpc) is 1.91. The number of rotatable bonds is 0. The van der Waals surface area contributed by atoms with E-state index in [0.29, 0.717) is 5.82 Å². The van der Waals surface area contributed by atoms with Crippen LogP contribution in [0.2, 0.25) is 0 Å². The number of nitrogens with zero attached hydrogens (tertiary/aromatic N) is 2. The first-order valence-corrected chi connectivity index (χ1v) is 2.40. The molecule has 1 aromatic rings. The second-order valence-electron chi connectivity index (χ2n) is 1.24. The molecule has 0 atom stereocenters. The van der Waals surface area contributed by atoms with Gasteiger partial charge in [0, 0.05) is 6.20 Å². The number of hydrogen-bond acceptors (Lipinski definition) is 4. The number of nitrogens with two attached hydrogens (primary N) is 1. The first kappa shape index (κ1) is 8.35. The Morgan fingerprint density at radius 3 is 2.50 bits per heavy atom. The maximum Gasteiger partial charge on any atom is 0.290 e. The summed E-state index contributed by atoms with van der Waals surface area (Å²) >= 11 is 0. The van der Waals surface area contributed by atoms with Crippen LogP contribution in [0.4, 0.5) is 5.82 Å². The Kier molecular flexibility index (Phi) is 4.58. The van der Waals surface area contributed by atoms with E-state index in [1.165, 1.54) is 6.33 Å². The van der Waals surface area contributed by atoms with Crippen LogP contribution in [0, 0.1) is 0 Å². The Balaban J connectivity index is 0.000000236. The van der Waals surface area contributed by atoms with Crippen LogP contribution in [0.25, 0.3) is 0 Å². The fraction of sp³-hybridized carbons (Fsp3) is 0. The van der Waals surface area contributed by atoms with Gasteiger partial charge in [-0.05, 0) is 6.07 Å². The number of aromatic nitrogens is 2. The number of hydrogen-bond donors (Lipinski definition) is 2. The molecule has 3 N–H and O–H groups in total. The number of carbonyl (C=O) groups is 1. The molecule has 0 saturated heterocycles. The minimum absolute atomic E-state index is 0.250. The van der Waals surface area contributed by atoms with Crippen molar-refractivity contribution < 1.29 is 9.90 Å². The summed E-state index contributed by atoms with van der Waals surface area (Å²) in [6, 6.07) is 1.64. The standard InChI is InChI=1S/C4H5N3.CH2O2/c5-4-1-2-6-3-7-4;2-1-3/h1-3H,(H2,5,6,7);1H,(H,2,3). The van der Waals surface area contributed by atoms with Gasteiger partial charge in [-0.2, -0.15) is 0 Å². The highest BCUT2D eigenvalue weighted by Crippen LogP contribution is 1.85. The third-order valence-electron chi connectivity index (χ3n) is 0.605. The first-order valence-electron chi connectivity index (χ1n) is 2.40. The summed E-state index contributed by atoms with van der Waals surface area (Å²) in [5.74, 6) is 0.509. The summed E-state index contributed by atoms with van der Waals surface area (Å²) in [6.07, 6.45) is 3.01. The van der Waals surface area contributed by atoms with Crippen LogP contribution in [0.15, 0.2) is 18.6 Å². The lowest BCUT2D eigenvalue weighted by atomic mass is 10.6. The normalized spacial score (nSPS) is 7.20. The average molecular weight is 141 g/mol. The number of nitrogen functional groups attached to an aromatic ring is 1. The van der Waals surface area contributed by atoms with E-state index in [9.17, 15) is 0 Å². The fourth-order valence-corrected chi connectivity index (χ4v) is 0.301. The maximum absolute atomic E-state index is 8.36. The van der Waals surface area contributed by atoms with Gasteiger partial charge >= 0.3 is 0 Å². The summed E-state index contributed by atoms with van der Waals surface area (Å²) in [7, 11) is 0. The van der Waals surface area contributed by atoms with Gasteiger partial charge in [0.1, 0.15) is 12.1 Å². The van der Waals surface area contributed by atoms with E-state index in [0.717, 1.165) is 0 Å². The van der Waals surface area contributed by atoms with Crippen LogP contribution in [0.1, 0.15) is 0 Å². The molecule has 0 saturated carbocycles. The zero-order valence-electron chi connectivity index (χ0n) is 5.14. The number of carboxylic acid groups (broad SMARTS) is 1. The predicted octanol–water partition coefficient (Wildman–Crippen LogP) is -0.240. The molecule has 0 radical (unpaired) electrons. The molecule has 10 heavy (non-hydrogen) atoms. The fourth-order valence-electron chi connectivity index (χ4n) is 0.301. The van der Waals surface area contributed by atoms with Gasteiger partial charge in [-0.3, -0.25) is 4.79 Å². The lowest BCUT2D eigenvalue weighted by Crippen LogP contribution is -1.87. The molecule has 0 aliphatic carbocycles. The quantitative estimate of drug-likeness (QED) is 0.486. The van der Waals surface area contributed by atoms with E-state index in [2.05, 4.69) is 9.97 Å². The Morgan fingerprint density at radius 2 is 2.30 bits per heavy atom. The monoisotopic (exact) mass is 141 g/mol. The van der Waals surface area contributed by atoms with Crippen LogP contribution < -0.4 is 5.73 Å². The SMILES string of the molecule is Nc1ccncn1.O=CO. The molecule has 0 unspecified atom stereocenters. The van der Waals surface area contributed by atoms with E-state index >= 15 is 0 Å². The van der Waals surface area contributed by atoms with Crippen molar-refractivity contribution >= 4 is 12.3 Å². The molecule has 5 heteroatoms. The first-order chi connectivity index (χ1) is 4.81. The molecule has 1 heterocycles. The van der Waals surface area contributed by atoms with Gasteiger partial charge in [-0.1, -0.05) is 0 Å². The van der Waals surface area contributed by atoms with E-state index in [1.54, 1.807) is 12.3 Å². The van der Waals surface area contributed by atoms with Crippen molar-refractivity contribution in [2.24, 2.45) is 0 Å². The molecule has 1 aromatic heterocycles. The van der Waals surface area contributed by atoms with E-state index in [4.69, 9.17) is 15.6 Å². The minimum Gasteiger partial charge on any atom is -0.483 e. The smallest absolute Gasteiger partial charge is 0.290 e. The zero-order chi connectivity index (χ0) is 7.82. The molecular formula is C5H7N3O2. The van der Waals surface area contributed by atoms with Crippen molar-refractivity contribution in [3.63, 3.8) is 0 Å². The molecule has 0 amide bonds. The van der Waals surface area contributed by atoms with Gasteiger partial charge in [-0.15, -0.1) is 0 Å². The molecule has 5 nitrogen and oxygen atoms in total. The Bertz CT molecular complexity index is 178. The van der Waals surface area contributed by atoms with Gasteiger partial charge in [-0.25, -0.2) is 9.97 Å². The van der Waals surface area contributed by atoms with Gasteiger partial charge in [0.05, 0.1) is 0 Å². The van der Waals surface area contributed by atoms with E-state index < -0.39 is 0 Å². The maximum atomic E-state index is 8.36. The van der Waals surface area contributed by atoms with Crippen molar-refractivity contribution in [1.29, 1.82) is 0 Å². The van der Waals surface area contributed by atoms with Crippen LogP contribution in [0.3, 0.4) is 0 Å². The molecule has 0 aromatic carbocycles. The molecule has 54 valence electrons. The molecule has 0 fully saturated rings. The van der Waals surface area contributed by atoms with Crippen molar-refractivity contribution in [3.8, 4) is 0 Å². The van der Waals surface area contributed by atoms with Gasteiger partial charge in [0.25, 0.3) is 6.47 Å². The predicted molar refractivity (Wildman–Crippen MR) is 35.1 cm³/mol. The third kappa shape index (κ3) is 4.51. The van der Waals surface area contributed by atoms with E-state index in [-0.39, 0.29) is 6.47 Å². The minimum atomic E-state index is -0.250. The molecule has 0 aliphatic rings. The Hall–Kier alpha value is -1.65. The molecule has 1 rings (SSSR count). The molecule has 0 bridgehead atoms. The summed E-state index contributed by atoms with van der Waals surface area (Å²) in [5.41, 5.74) is 5.21. The summed E-state index contributed by atoms with van der Waals surface area (Å²) in [6.45, 7) is -0.250. The van der Waals surface area contributed by atoms with Gasteiger partial charge in [0.2, 0.25) is 0 Å². The second-order valence-corrected chi connectivity index (χ2v) is 1.24. The van der Waals surface area contributed by atoms with Crippen LogP contribution >= 0.6 is 0 Å². The van der Waals surface area contributed by atoms with Crippen molar-refractivity contribution in [3.05, 3.63) is 18.6 Å². The lowest BCUT2D eigenvalue weighted by Gasteiger charge is -1.82. The highest BCUT2D eigenvalue weighted by Gasteiger charge is 1.74. The van der Waals surface area contributed by atoms with Crippen molar-refractivity contribution in [1.82, 2.24) is 9.97 Å². The topological polar surface area (TPSA) is 89.1 Å². The molecule has 0 aliphatic heterocycles. The van der Waals surface area contributed by atoms with Crippen LogP contribution in [-0.2, 0) is 4.79 Å². The van der Waals surface area contributed by atoms with Gasteiger partial charge < -0.3 is 10.8 Å². The summed E-state index contributed by atoms with van der Waals surface area (Å²) in [5, 5.41) is 6.89. The highest BCUT2D eigenvalue weighted by atomic mass is 16.3. The molecule has 0 spiro atoms. The Labute approximate surface area is 57.5 Å². The van der Waals surface area contributed by atoms with Crippen molar-refractivity contribution in [2.45, 2.75) is 0 Å². The van der Waals surface area contributed by atoms with Crippen molar-refractivity contribution in [2.75, 3.05) is 5.73 Å². The summed E-state index contributed by atoms with van der Waals surface area (Å²) in [4.78, 5) is 15.7. The second kappa shape index (κ2) is 5.49. The lowest BCUT2D eigenvalue weighted by molar-refractivity contribution is -0.122. The van der Waals surface area contributed by atoms with Crippen LogP contribution in [0.5, 0.6) is 0 Å². The zero-order valence-corrected chi connectivity index (χ0v) is 5.14. The number of anilines is 1. The van der Waals surface area contributed by atoms with Crippen LogP contribution in [-0.4, -0.2) is 21.5 Å². The highest BCUT2D eigenvalue weighted by molar-refractivity contribution is 5.32. The van der Waals surface area contributed by atoms with E-state index in [1.807, 2.05) is 0 Å². The Morgan fingerprint density at radius 1 is 1.70 bits per heavy atom.